The summed E-state index contributed by atoms with van der Waals surface area (Å²) in [7, 11) is 0. The lowest BCUT2D eigenvalue weighted by Gasteiger charge is -2.26. The van der Waals surface area contributed by atoms with Crippen LogP contribution in [-0.4, -0.2) is 30.0 Å². The van der Waals surface area contributed by atoms with Crippen molar-refractivity contribution in [3.63, 3.8) is 0 Å². The Labute approximate surface area is 228 Å². The second kappa shape index (κ2) is 12.8. The quantitative estimate of drug-likeness (QED) is 0.132. The number of Topliss-reactive ketones (excluding diaryl/α,β-unsaturated/α-hetero) is 1. The summed E-state index contributed by atoms with van der Waals surface area (Å²) < 4.78 is 11.6. The van der Waals surface area contributed by atoms with Gasteiger partial charge in [-0.1, -0.05) is 38.8 Å². The van der Waals surface area contributed by atoms with E-state index in [1.165, 1.54) is 4.90 Å². The summed E-state index contributed by atoms with van der Waals surface area (Å²) in [5, 5.41) is 20.6. The average molecular weight is 525 g/mol. The number of aliphatic hydroxyl groups is 1. The number of nitrogens with zero attached hydrogens (tertiary/aromatic N) is 2. The number of carbonyl (C=O) groups excluding carboxylic acids is 2. The van der Waals surface area contributed by atoms with Gasteiger partial charge in [0, 0.05) is 11.3 Å². The predicted molar refractivity (Wildman–Crippen MR) is 150 cm³/mol. The van der Waals surface area contributed by atoms with E-state index in [0.717, 1.165) is 25.7 Å². The topological polar surface area (TPSA) is 99.9 Å². The highest BCUT2D eigenvalue weighted by Gasteiger charge is 2.47. The lowest BCUT2D eigenvalue weighted by molar-refractivity contribution is -0.132. The minimum absolute atomic E-state index is 0.0198. The number of unbranched alkanes of at least 4 members (excludes halogenated alkanes) is 2. The average Bonchev–Trinajstić information content (AvgIpc) is 3.24. The summed E-state index contributed by atoms with van der Waals surface area (Å²) in [4.78, 5) is 28.2. The van der Waals surface area contributed by atoms with E-state index in [1.807, 2.05) is 13.0 Å². The number of aliphatic hydroxyl groups excluding tert-OH is 1. The van der Waals surface area contributed by atoms with Crippen molar-refractivity contribution in [3.05, 3.63) is 95.1 Å². The van der Waals surface area contributed by atoms with Crippen molar-refractivity contribution >= 4 is 23.1 Å². The Bertz CT molecular complexity index is 1390. The summed E-state index contributed by atoms with van der Waals surface area (Å²) >= 11 is 0. The third kappa shape index (κ3) is 6.12. The number of hydrogen-bond acceptors (Lipinski definition) is 6. The van der Waals surface area contributed by atoms with Crippen LogP contribution in [0.5, 0.6) is 11.5 Å². The van der Waals surface area contributed by atoms with Crippen LogP contribution in [0.25, 0.3) is 5.76 Å². The maximum Gasteiger partial charge on any atom is 0.300 e. The van der Waals surface area contributed by atoms with Crippen molar-refractivity contribution in [2.45, 2.75) is 45.6 Å². The van der Waals surface area contributed by atoms with Crippen molar-refractivity contribution in [1.29, 1.82) is 5.26 Å². The summed E-state index contributed by atoms with van der Waals surface area (Å²) in [6, 6.07) is 21.6. The molecule has 0 spiro atoms. The molecule has 0 bridgehead atoms. The molecule has 0 radical (unpaired) electrons. The minimum Gasteiger partial charge on any atom is -0.507 e. The zero-order chi connectivity index (χ0) is 27.8. The first-order valence-electron chi connectivity index (χ1n) is 13.3. The number of benzene rings is 3. The smallest absolute Gasteiger partial charge is 0.300 e. The molecule has 4 rings (SSSR count). The Morgan fingerprint density at radius 2 is 1.62 bits per heavy atom. The molecule has 1 unspecified atom stereocenters. The number of ketones is 1. The molecule has 1 amide bonds. The summed E-state index contributed by atoms with van der Waals surface area (Å²) in [5.74, 6) is -0.557. The van der Waals surface area contributed by atoms with E-state index >= 15 is 0 Å². The third-order valence-corrected chi connectivity index (χ3v) is 6.51. The second-order valence-corrected chi connectivity index (χ2v) is 9.33. The fourth-order valence-electron chi connectivity index (χ4n) is 4.51. The van der Waals surface area contributed by atoms with Gasteiger partial charge in [0.1, 0.15) is 17.3 Å². The number of ether oxygens (including phenoxy) is 2. The van der Waals surface area contributed by atoms with Crippen LogP contribution in [0.4, 0.5) is 5.69 Å². The van der Waals surface area contributed by atoms with Crippen LogP contribution in [0.3, 0.4) is 0 Å². The molecule has 39 heavy (non-hydrogen) atoms. The van der Waals surface area contributed by atoms with Gasteiger partial charge in [-0.3, -0.25) is 14.5 Å². The molecule has 3 aromatic rings. The molecule has 1 atom stereocenters. The van der Waals surface area contributed by atoms with Gasteiger partial charge in [-0.15, -0.1) is 0 Å². The molecule has 3 aromatic carbocycles. The van der Waals surface area contributed by atoms with Crippen molar-refractivity contribution in [2.75, 3.05) is 18.1 Å². The molecule has 1 aliphatic heterocycles. The number of hydrogen-bond donors (Lipinski definition) is 1. The number of rotatable bonds is 11. The number of anilines is 1. The van der Waals surface area contributed by atoms with E-state index in [0.29, 0.717) is 47.1 Å². The monoisotopic (exact) mass is 524 g/mol. The number of carbonyl (C=O) groups is 2. The van der Waals surface area contributed by atoms with Gasteiger partial charge in [0.25, 0.3) is 11.7 Å². The van der Waals surface area contributed by atoms with E-state index in [2.05, 4.69) is 13.0 Å². The molecule has 1 N–H and O–H groups in total. The van der Waals surface area contributed by atoms with Crippen molar-refractivity contribution in [1.82, 2.24) is 0 Å². The van der Waals surface area contributed by atoms with E-state index in [1.54, 1.807) is 66.7 Å². The molecule has 1 fully saturated rings. The van der Waals surface area contributed by atoms with Crippen LogP contribution < -0.4 is 14.4 Å². The summed E-state index contributed by atoms with van der Waals surface area (Å²) in [6.07, 6.45) is 3.97. The fourth-order valence-corrected chi connectivity index (χ4v) is 4.51. The molecule has 7 heteroatoms. The van der Waals surface area contributed by atoms with Crippen molar-refractivity contribution < 1.29 is 24.2 Å². The first-order chi connectivity index (χ1) is 19.0. The predicted octanol–water partition coefficient (Wildman–Crippen LogP) is 6.54. The SMILES string of the molecule is CCCCCOc1ccc(/C(O)=C2/C(=O)C(=O)N(c3ccc(C#N)cc3)C2c2cccc(OCCC)c2)cc1. The second-order valence-electron chi connectivity index (χ2n) is 9.33. The molecule has 1 aliphatic rings. The molecule has 200 valence electrons. The Morgan fingerprint density at radius 3 is 2.28 bits per heavy atom. The maximum atomic E-state index is 13.4. The molecule has 1 heterocycles. The normalized spacial score (nSPS) is 16.2. The number of nitriles is 1. The highest BCUT2D eigenvalue weighted by molar-refractivity contribution is 6.51. The first kappa shape index (κ1) is 27.5. The van der Waals surface area contributed by atoms with E-state index < -0.39 is 17.7 Å². The van der Waals surface area contributed by atoms with Crippen molar-refractivity contribution in [2.24, 2.45) is 0 Å². The Hall–Kier alpha value is -4.57. The third-order valence-electron chi connectivity index (χ3n) is 6.51. The zero-order valence-electron chi connectivity index (χ0n) is 22.2. The van der Waals surface area contributed by atoms with Gasteiger partial charge in [-0.05, 0) is 79.1 Å². The van der Waals surface area contributed by atoms with Crippen LogP contribution in [-0.2, 0) is 9.59 Å². The van der Waals surface area contributed by atoms with Crippen molar-refractivity contribution in [3.8, 4) is 17.6 Å². The van der Waals surface area contributed by atoms with Crippen LogP contribution in [0.15, 0.2) is 78.4 Å². The minimum atomic E-state index is -0.895. The first-order valence-corrected chi connectivity index (χ1v) is 13.3. The van der Waals surface area contributed by atoms with E-state index in [9.17, 15) is 20.0 Å². The van der Waals surface area contributed by atoms with Gasteiger partial charge in [-0.25, -0.2) is 0 Å². The van der Waals surface area contributed by atoms with Crippen LogP contribution in [0.1, 0.15) is 62.3 Å². The molecule has 0 aliphatic carbocycles. The summed E-state index contributed by atoms with van der Waals surface area (Å²) in [5.41, 5.74) is 1.87. The molecule has 7 nitrogen and oxygen atoms in total. The van der Waals surface area contributed by atoms with Gasteiger partial charge in [0.15, 0.2) is 0 Å². The van der Waals surface area contributed by atoms with Gasteiger partial charge >= 0.3 is 0 Å². The van der Waals surface area contributed by atoms with Gasteiger partial charge in [0.05, 0.1) is 36.5 Å². The fraction of sp³-hybridized carbons (Fsp3) is 0.281. The standard InChI is InChI=1S/C32H32N2O5/c1-3-5-6-19-39-26-16-12-23(13-17-26)30(35)28-29(24-8-7-9-27(20-24)38-18-4-2)34(32(37)31(28)36)25-14-10-22(21-33)11-15-25/h7-17,20,29,35H,3-6,18-19H2,1-2H3/b30-28-. The summed E-state index contributed by atoms with van der Waals surface area (Å²) in [6.45, 7) is 5.26. The van der Waals surface area contributed by atoms with Crippen LogP contribution in [0, 0.1) is 11.3 Å². The Kier molecular flexibility index (Phi) is 9.01. The Balaban J connectivity index is 1.77. The van der Waals surface area contributed by atoms with Crippen LogP contribution in [0.2, 0.25) is 0 Å². The largest absolute Gasteiger partial charge is 0.507 e. The van der Waals surface area contributed by atoms with E-state index in [4.69, 9.17) is 9.47 Å². The Morgan fingerprint density at radius 1 is 0.897 bits per heavy atom. The van der Waals surface area contributed by atoms with E-state index in [-0.39, 0.29) is 11.3 Å². The highest BCUT2D eigenvalue weighted by atomic mass is 16.5. The maximum absolute atomic E-state index is 13.4. The molecule has 0 saturated carbocycles. The van der Waals surface area contributed by atoms with Crippen LogP contribution >= 0.6 is 0 Å². The molecular formula is C32H32N2O5. The molecular weight excluding hydrogens is 492 g/mol. The number of amides is 1. The lowest BCUT2D eigenvalue weighted by atomic mass is 9.95. The van der Waals surface area contributed by atoms with Gasteiger partial charge in [0.2, 0.25) is 0 Å². The van der Waals surface area contributed by atoms with Gasteiger partial charge < -0.3 is 14.6 Å². The molecule has 0 aromatic heterocycles. The lowest BCUT2D eigenvalue weighted by Crippen LogP contribution is -2.29. The highest BCUT2D eigenvalue weighted by Crippen LogP contribution is 2.43. The molecule has 1 saturated heterocycles. The zero-order valence-corrected chi connectivity index (χ0v) is 22.2. The van der Waals surface area contributed by atoms with Gasteiger partial charge in [-0.2, -0.15) is 5.26 Å².